The zero-order valence-electron chi connectivity index (χ0n) is 10.6. The van der Waals surface area contributed by atoms with Crippen molar-refractivity contribution in [3.05, 3.63) is 64.3 Å². The number of hydrogen-bond acceptors (Lipinski definition) is 4. The van der Waals surface area contributed by atoms with E-state index in [4.69, 9.17) is 0 Å². The molecule has 0 aliphatic rings. The third kappa shape index (κ3) is 2.00. The molecule has 3 rings (SSSR count). The second-order valence-electron chi connectivity index (χ2n) is 4.35. The number of aromatic nitrogens is 2. The molecular weight excluding hydrogens is 274 g/mol. The van der Waals surface area contributed by atoms with E-state index in [1.165, 1.54) is 29.1 Å². The van der Waals surface area contributed by atoms with Gasteiger partial charge in [0.2, 0.25) is 0 Å². The van der Waals surface area contributed by atoms with Gasteiger partial charge in [-0.15, -0.1) is 0 Å². The summed E-state index contributed by atoms with van der Waals surface area (Å²) in [5.74, 6) is -1.24. The maximum atomic E-state index is 11.4. The average Bonchev–Trinajstić information content (AvgIpc) is 2.90. The topological polar surface area (TPSA) is 98.3 Å². The van der Waals surface area contributed by atoms with Gasteiger partial charge in [-0.25, -0.2) is 9.48 Å². The maximum absolute atomic E-state index is 11.4. The predicted molar refractivity (Wildman–Crippen MR) is 74.7 cm³/mol. The summed E-state index contributed by atoms with van der Waals surface area (Å²) in [5, 5.41) is 25.3. The molecule has 3 aromatic rings. The summed E-state index contributed by atoms with van der Waals surface area (Å²) in [4.78, 5) is 22.0. The molecule has 0 spiro atoms. The molecule has 0 saturated carbocycles. The Kier molecular flexibility index (Phi) is 2.87. The van der Waals surface area contributed by atoms with E-state index in [1.54, 1.807) is 18.2 Å². The Morgan fingerprint density at radius 1 is 1.19 bits per heavy atom. The second-order valence-corrected chi connectivity index (χ2v) is 4.35. The van der Waals surface area contributed by atoms with Gasteiger partial charge in [0, 0.05) is 11.5 Å². The number of nitrogens with zero attached hydrogens (tertiary/aromatic N) is 3. The number of carboxylic acids is 1. The van der Waals surface area contributed by atoms with Gasteiger partial charge in [-0.2, -0.15) is 5.10 Å². The number of fused-ring (bicyclic) bond motifs is 1. The molecule has 0 unspecified atom stereocenters. The van der Waals surface area contributed by atoms with E-state index in [0.717, 1.165) is 5.39 Å². The highest BCUT2D eigenvalue weighted by Crippen LogP contribution is 2.29. The lowest BCUT2D eigenvalue weighted by Gasteiger charge is -2.08. The van der Waals surface area contributed by atoms with Crippen LogP contribution in [0.25, 0.3) is 16.6 Å². The molecule has 2 aromatic carbocycles. The van der Waals surface area contributed by atoms with Gasteiger partial charge in [-0.05, 0) is 12.1 Å². The number of aromatic carboxylic acids is 1. The minimum Gasteiger partial charge on any atom is -0.478 e. The Morgan fingerprint density at radius 2 is 1.95 bits per heavy atom. The van der Waals surface area contributed by atoms with Crippen molar-refractivity contribution < 1.29 is 14.8 Å². The van der Waals surface area contributed by atoms with Crippen molar-refractivity contribution in [2.45, 2.75) is 0 Å². The zero-order chi connectivity index (χ0) is 15.0. The minimum atomic E-state index is -1.24. The van der Waals surface area contributed by atoms with Crippen molar-refractivity contribution in [2.75, 3.05) is 0 Å². The summed E-state index contributed by atoms with van der Waals surface area (Å²) in [5.41, 5.74) is 0.0901. The number of carboxylic acid groups (broad SMARTS) is 1. The summed E-state index contributed by atoms with van der Waals surface area (Å²) in [6, 6.07) is 11.0. The number of benzene rings is 2. The van der Waals surface area contributed by atoms with E-state index in [9.17, 15) is 20.0 Å². The Morgan fingerprint density at radius 3 is 2.67 bits per heavy atom. The Hall–Kier alpha value is -3.22. The molecule has 7 nitrogen and oxygen atoms in total. The van der Waals surface area contributed by atoms with Gasteiger partial charge < -0.3 is 5.11 Å². The highest BCUT2D eigenvalue weighted by Gasteiger charge is 2.24. The van der Waals surface area contributed by atoms with Gasteiger partial charge >= 0.3 is 5.97 Å². The smallest absolute Gasteiger partial charge is 0.338 e. The zero-order valence-corrected chi connectivity index (χ0v) is 10.6. The molecule has 1 N–H and O–H groups in total. The van der Waals surface area contributed by atoms with Crippen LogP contribution in [-0.4, -0.2) is 25.8 Å². The van der Waals surface area contributed by atoms with Crippen molar-refractivity contribution in [2.24, 2.45) is 0 Å². The summed E-state index contributed by atoms with van der Waals surface area (Å²) >= 11 is 0. The molecule has 0 saturated heterocycles. The van der Waals surface area contributed by atoms with Crippen LogP contribution in [0.1, 0.15) is 10.4 Å². The third-order valence-electron chi connectivity index (χ3n) is 3.13. The molecule has 0 fully saturated rings. The molecule has 0 bridgehead atoms. The second kappa shape index (κ2) is 4.71. The maximum Gasteiger partial charge on any atom is 0.338 e. The first-order chi connectivity index (χ1) is 10.1. The molecule has 7 heteroatoms. The number of nitro benzene ring substituents is 1. The first-order valence-electron chi connectivity index (χ1n) is 6.03. The van der Waals surface area contributed by atoms with Gasteiger partial charge in [0.1, 0.15) is 0 Å². The van der Waals surface area contributed by atoms with Gasteiger partial charge in [-0.1, -0.05) is 24.3 Å². The summed E-state index contributed by atoms with van der Waals surface area (Å²) < 4.78 is 1.29. The normalized spacial score (nSPS) is 10.7. The lowest BCUT2D eigenvalue weighted by Crippen LogP contribution is -2.09. The van der Waals surface area contributed by atoms with Crippen LogP contribution in [0, 0.1) is 10.1 Å². The SMILES string of the molecule is O=C(O)c1cccc([N+](=O)[O-])c1-n1ncc2ccccc21. The fourth-order valence-corrected chi connectivity index (χ4v) is 2.22. The number of carbonyl (C=O) groups is 1. The van der Waals surface area contributed by atoms with E-state index >= 15 is 0 Å². The summed E-state index contributed by atoms with van der Waals surface area (Å²) in [7, 11) is 0. The molecular formula is C14H9N3O4. The molecule has 1 heterocycles. The molecule has 0 radical (unpaired) electrons. The number of hydrogen-bond donors (Lipinski definition) is 1. The molecule has 21 heavy (non-hydrogen) atoms. The first-order valence-corrected chi connectivity index (χ1v) is 6.03. The lowest BCUT2D eigenvalue weighted by molar-refractivity contribution is -0.384. The van der Waals surface area contributed by atoms with Gasteiger partial charge in [0.15, 0.2) is 5.69 Å². The monoisotopic (exact) mass is 283 g/mol. The molecule has 0 aliphatic carbocycles. The standard InChI is InChI=1S/C14H9N3O4/c18-14(19)10-5-3-7-12(17(20)21)13(10)16-11-6-2-1-4-9(11)8-15-16/h1-8H,(H,18,19). The lowest BCUT2D eigenvalue weighted by atomic mass is 10.1. The number of nitro groups is 1. The molecule has 0 amide bonds. The van der Waals surface area contributed by atoms with Crippen LogP contribution >= 0.6 is 0 Å². The Balaban J connectivity index is 2.40. The number of rotatable bonds is 3. The van der Waals surface area contributed by atoms with Crippen LogP contribution in [0.4, 0.5) is 5.69 Å². The quantitative estimate of drug-likeness (QED) is 0.588. The van der Waals surface area contributed by atoms with Gasteiger partial charge in [-0.3, -0.25) is 10.1 Å². The number of para-hydroxylation sites is 2. The van der Waals surface area contributed by atoms with Crippen molar-refractivity contribution in [1.29, 1.82) is 0 Å². The van der Waals surface area contributed by atoms with Crippen LogP contribution in [0.5, 0.6) is 0 Å². The van der Waals surface area contributed by atoms with Crippen LogP contribution in [-0.2, 0) is 0 Å². The van der Waals surface area contributed by atoms with Crippen molar-refractivity contribution in [3.8, 4) is 5.69 Å². The van der Waals surface area contributed by atoms with Crippen molar-refractivity contribution in [1.82, 2.24) is 9.78 Å². The molecule has 0 aliphatic heterocycles. The van der Waals surface area contributed by atoms with Crippen LogP contribution < -0.4 is 0 Å². The van der Waals surface area contributed by atoms with Gasteiger partial charge in [0.25, 0.3) is 5.69 Å². The van der Waals surface area contributed by atoms with Crippen molar-refractivity contribution >= 4 is 22.6 Å². The van der Waals surface area contributed by atoms with E-state index < -0.39 is 10.9 Å². The van der Waals surface area contributed by atoms with Crippen molar-refractivity contribution in [3.63, 3.8) is 0 Å². The van der Waals surface area contributed by atoms with E-state index in [2.05, 4.69) is 5.10 Å². The highest BCUT2D eigenvalue weighted by molar-refractivity contribution is 5.95. The fraction of sp³-hybridized carbons (Fsp3) is 0. The largest absolute Gasteiger partial charge is 0.478 e. The third-order valence-corrected chi connectivity index (χ3v) is 3.13. The van der Waals surface area contributed by atoms with E-state index in [-0.39, 0.29) is 16.9 Å². The fourth-order valence-electron chi connectivity index (χ4n) is 2.22. The van der Waals surface area contributed by atoms with E-state index in [0.29, 0.717) is 5.52 Å². The highest BCUT2D eigenvalue weighted by atomic mass is 16.6. The molecule has 104 valence electrons. The molecule has 1 aromatic heterocycles. The van der Waals surface area contributed by atoms with E-state index in [1.807, 2.05) is 6.07 Å². The van der Waals surface area contributed by atoms with Gasteiger partial charge in [0.05, 0.1) is 22.2 Å². The average molecular weight is 283 g/mol. The predicted octanol–water partition coefficient (Wildman–Crippen LogP) is 2.63. The van der Waals surface area contributed by atoms with Crippen LogP contribution in [0.3, 0.4) is 0 Å². The van der Waals surface area contributed by atoms with Crippen LogP contribution in [0.15, 0.2) is 48.7 Å². The summed E-state index contributed by atoms with van der Waals surface area (Å²) in [6.07, 6.45) is 1.54. The Labute approximate surface area is 118 Å². The minimum absolute atomic E-state index is 0.0452. The first kappa shape index (κ1) is 12.8. The molecule has 0 atom stereocenters. The Bertz CT molecular complexity index is 837. The van der Waals surface area contributed by atoms with Crippen LogP contribution in [0.2, 0.25) is 0 Å². The summed E-state index contributed by atoms with van der Waals surface area (Å²) in [6.45, 7) is 0.